The molecule has 1 aliphatic heterocycles. The summed E-state index contributed by atoms with van der Waals surface area (Å²) in [7, 11) is -2.27. The van der Waals surface area contributed by atoms with Gasteiger partial charge in [-0.05, 0) is 97.3 Å². The summed E-state index contributed by atoms with van der Waals surface area (Å²) in [6.07, 6.45) is 2.65. The van der Waals surface area contributed by atoms with E-state index in [1.54, 1.807) is 19.2 Å². The van der Waals surface area contributed by atoms with Crippen LogP contribution >= 0.6 is 27.5 Å². The Morgan fingerprint density at radius 1 is 1.16 bits per heavy atom. The van der Waals surface area contributed by atoms with Crippen molar-refractivity contribution in [3.05, 3.63) is 75.0 Å². The molecule has 0 amide bonds. The van der Waals surface area contributed by atoms with Gasteiger partial charge in [-0.2, -0.15) is 13.8 Å². The van der Waals surface area contributed by atoms with E-state index in [4.69, 9.17) is 14.6 Å². The van der Waals surface area contributed by atoms with Gasteiger partial charge < -0.3 is 14.8 Å². The minimum absolute atomic E-state index is 0.00201. The first-order valence-electron chi connectivity index (χ1n) is 14.0. The van der Waals surface area contributed by atoms with Gasteiger partial charge in [-0.1, -0.05) is 12.1 Å². The number of nitrogens with one attached hydrogen (secondary N) is 1. The van der Waals surface area contributed by atoms with Gasteiger partial charge in [0.25, 0.3) is 0 Å². The van der Waals surface area contributed by atoms with E-state index in [9.17, 15) is 8.42 Å². The van der Waals surface area contributed by atoms with Crippen molar-refractivity contribution in [1.29, 1.82) is 0 Å². The number of nitrogens with zero attached hydrogens (tertiary/aromatic N) is 4. The van der Waals surface area contributed by atoms with Gasteiger partial charge in [0.05, 0.1) is 33.4 Å². The molecule has 2 aliphatic rings. The molecule has 1 fully saturated rings. The first kappa shape index (κ1) is 30.0. The standard InChI is InChI=1S/C30H33BrFN5O4S2/c1-30(2,3)37-27(14-25(34-37)19-7-10-21(13-19)41-29-23(31)17-42-35-29)33-24-11-12-26-22(28(24)32)16-36(43(26,38)39)15-18-5-8-20(40-4)9-6-18/h5-6,8-9,11-12,14,17,19,21,33H,7,10,13,15-16H2,1-4H3. The Hall–Kier alpha value is -3.00. The lowest BCUT2D eigenvalue weighted by Crippen LogP contribution is -2.25. The van der Waals surface area contributed by atoms with Crippen LogP contribution in [0, 0.1) is 5.82 Å². The Bertz CT molecular complexity index is 1750. The van der Waals surface area contributed by atoms with Gasteiger partial charge in [-0.3, -0.25) is 0 Å². The van der Waals surface area contributed by atoms with Crippen molar-refractivity contribution in [2.75, 3.05) is 12.4 Å². The highest BCUT2D eigenvalue weighted by Gasteiger charge is 2.38. The largest absolute Gasteiger partial charge is 0.497 e. The van der Waals surface area contributed by atoms with Crippen molar-refractivity contribution in [2.45, 2.75) is 75.6 Å². The topological polar surface area (TPSA) is 98.6 Å². The Kier molecular flexibility index (Phi) is 8.03. The summed E-state index contributed by atoms with van der Waals surface area (Å²) in [5.74, 6) is 1.55. The maximum atomic E-state index is 16.0. The van der Waals surface area contributed by atoms with Crippen LogP contribution in [0.25, 0.3) is 0 Å². The number of fused-ring (bicyclic) bond motifs is 1. The molecule has 0 spiro atoms. The number of hydrogen-bond donors (Lipinski definition) is 1. The zero-order valence-corrected chi connectivity index (χ0v) is 27.5. The first-order chi connectivity index (χ1) is 20.4. The molecule has 6 rings (SSSR count). The average molecular weight is 691 g/mol. The van der Waals surface area contributed by atoms with Crippen LogP contribution in [0.3, 0.4) is 0 Å². The molecule has 2 atom stereocenters. The van der Waals surface area contributed by atoms with Crippen LogP contribution in [-0.4, -0.2) is 40.1 Å². The minimum atomic E-state index is -3.84. The molecule has 2 unspecified atom stereocenters. The Labute approximate surface area is 263 Å². The molecule has 9 nitrogen and oxygen atoms in total. The van der Waals surface area contributed by atoms with Crippen LogP contribution in [0.5, 0.6) is 11.6 Å². The summed E-state index contributed by atoms with van der Waals surface area (Å²) >= 11 is 4.83. The van der Waals surface area contributed by atoms with Crippen LogP contribution in [-0.2, 0) is 28.7 Å². The second kappa shape index (κ2) is 11.5. The van der Waals surface area contributed by atoms with Gasteiger partial charge in [0.1, 0.15) is 17.7 Å². The molecule has 3 heterocycles. The Morgan fingerprint density at radius 2 is 1.93 bits per heavy atom. The molecule has 4 aromatic rings. The van der Waals surface area contributed by atoms with E-state index in [0.717, 1.165) is 35.0 Å². The van der Waals surface area contributed by atoms with E-state index in [1.807, 2.05) is 49.0 Å². The molecule has 43 heavy (non-hydrogen) atoms. The van der Waals surface area contributed by atoms with E-state index >= 15 is 4.39 Å². The fourth-order valence-electron chi connectivity index (χ4n) is 5.67. The quantitative estimate of drug-likeness (QED) is 0.209. The molecule has 2 aromatic carbocycles. The molecular formula is C30H33BrFN5O4S2. The average Bonchev–Trinajstić information content (AvgIpc) is 3.74. The normalized spacial score (nSPS) is 19.9. The number of methoxy groups -OCH3 is 1. The third kappa shape index (κ3) is 5.92. The number of aromatic nitrogens is 3. The van der Waals surface area contributed by atoms with Crippen molar-refractivity contribution in [3.63, 3.8) is 0 Å². The van der Waals surface area contributed by atoms with Crippen molar-refractivity contribution in [2.24, 2.45) is 0 Å². The molecule has 0 radical (unpaired) electrons. The predicted octanol–water partition coefficient (Wildman–Crippen LogP) is 7.17. The fraction of sp³-hybridized carbons (Fsp3) is 0.400. The van der Waals surface area contributed by atoms with Gasteiger partial charge >= 0.3 is 0 Å². The summed E-state index contributed by atoms with van der Waals surface area (Å²) in [5.41, 5.74) is 1.68. The summed E-state index contributed by atoms with van der Waals surface area (Å²) in [6.45, 7) is 6.20. The number of sulfonamides is 1. The molecule has 1 aliphatic carbocycles. The van der Waals surface area contributed by atoms with Crippen molar-refractivity contribution in [1.82, 2.24) is 18.5 Å². The molecule has 0 saturated heterocycles. The second-order valence-corrected chi connectivity index (χ2v) is 15.3. The Balaban J connectivity index is 1.23. The van der Waals surface area contributed by atoms with Gasteiger partial charge in [0.2, 0.25) is 15.9 Å². The first-order valence-corrected chi connectivity index (χ1v) is 17.1. The zero-order valence-electron chi connectivity index (χ0n) is 24.3. The second-order valence-electron chi connectivity index (χ2n) is 11.9. The van der Waals surface area contributed by atoms with Gasteiger partial charge in [-0.25, -0.2) is 17.5 Å². The SMILES string of the molecule is COc1ccc(CN2Cc3c(ccc(Nc4cc(C5CCC(Oc6nscc6Br)C5)nn4C(C)(C)C)c3F)S2(=O)=O)cc1. The van der Waals surface area contributed by atoms with Crippen molar-refractivity contribution in [3.8, 4) is 11.6 Å². The monoisotopic (exact) mass is 689 g/mol. The molecule has 1 saturated carbocycles. The van der Waals surface area contributed by atoms with E-state index in [-0.39, 0.29) is 46.8 Å². The molecular weight excluding hydrogens is 657 g/mol. The van der Waals surface area contributed by atoms with Crippen molar-refractivity contribution >= 4 is 49.0 Å². The molecule has 1 N–H and O–H groups in total. The highest BCUT2D eigenvalue weighted by atomic mass is 79.9. The lowest BCUT2D eigenvalue weighted by atomic mass is 10.0. The maximum absolute atomic E-state index is 16.0. The minimum Gasteiger partial charge on any atom is -0.497 e. The van der Waals surface area contributed by atoms with Crippen LogP contribution in [0.15, 0.2) is 57.2 Å². The highest BCUT2D eigenvalue weighted by Crippen LogP contribution is 2.41. The number of ether oxygens (including phenoxy) is 2. The van der Waals surface area contributed by atoms with E-state index < -0.39 is 15.8 Å². The molecule has 228 valence electrons. The number of benzene rings is 2. The van der Waals surface area contributed by atoms with Crippen LogP contribution in [0.4, 0.5) is 15.9 Å². The Morgan fingerprint density at radius 3 is 2.60 bits per heavy atom. The fourth-order valence-corrected chi connectivity index (χ4v) is 8.30. The van der Waals surface area contributed by atoms with Crippen molar-refractivity contribution < 1.29 is 22.3 Å². The summed E-state index contributed by atoms with van der Waals surface area (Å²) < 4.78 is 62.2. The number of rotatable bonds is 8. The summed E-state index contributed by atoms with van der Waals surface area (Å²) in [4.78, 5) is -0.00201. The molecule has 13 heteroatoms. The third-order valence-corrected chi connectivity index (χ3v) is 11.2. The maximum Gasteiger partial charge on any atom is 0.244 e. The number of anilines is 2. The molecule has 0 bridgehead atoms. The predicted molar refractivity (Wildman–Crippen MR) is 167 cm³/mol. The van der Waals surface area contributed by atoms with Gasteiger partial charge in [0, 0.05) is 36.0 Å². The lowest BCUT2D eigenvalue weighted by Gasteiger charge is -2.23. The summed E-state index contributed by atoms with van der Waals surface area (Å²) in [5, 5.41) is 10.1. The third-order valence-electron chi connectivity index (χ3n) is 7.87. The van der Waals surface area contributed by atoms with Gasteiger partial charge in [0.15, 0.2) is 5.82 Å². The van der Waals surface area contributed by atoms with E-state index in [1.165, 1.54) is 28.0 Å². The molecule has 2 aromatic heterocycles. The smallest absolute Gasteiger partial charge is 0.244 e. The zero-order chi connectivity index (χ0) is 30.5. The number of hydrogen-bond acceptors (Lipinski definition) is 8. The van der Waals surface area contributed by atoms with Crippen LogP contribution in [0.2, 0.25) is 0 Å². The van der Waals surface area contributed by atoms with E-state index in [2.05, 4.69) is 25.6 Å². The van der Waals surface area contributed by atoms with E-state index in [0.29, 0.717) is 17.4 Å². The lowest BCUT2D eigenvalue weighted by molar-refractivity contribution is 0.200. The highest BCUT2D eigenvalue weighted by molar-refractivity contribution is 9.10. The van der Waals surface area contributed by atoms with Crippen LogP contribution < -0.4 is 14.8 Å². The van der Waals surface area contributed by atoms with Gasteiger partial charge in [-0.15, -0.1) is 0 Å². The number of halogens is 2. The summed E-state index contributed by atoms with van der Waals surface area (Å²) in [6, 6.07) is 12.1. The van der Waals surface area contributed by atoms with Crippen LogP contribution in [0.1, 0.15) is 62.8 Å².